The zero-order valence-electron chi connectivity index (χ0n) is 7.84. The second-order valence-electron chi connectivity index (χ2n) is 2.98. The summed E-state index contributed by atoms with van der Waals surface area (Å²) in [5.74, 6) is -1.33. The number of hydrogen-bond acceptors (Lipinski definition) is 4. The van der Waals surface area contributed by atoms with Crippen LogP contribution < -0.4 is 5.43 Å². The maximum Gasteiger partial charge on any atom is 0.360 e. The van der Waals surface area contributed by atoms with E-state index < -0.39 is 17.1 Å². The van der Waals surface area contributed by atoms with Crippen LogP contribution >= 0.6 is 0 Å². The molecule has 0 bridgehead atoms. The predicted octanol–water partition coefficient (Wildman–Crippen LogP) is 0.0267. The van der Waals surface area contributed by atoms with Gasteiger partial charge in [0.2, 0.25) is 11.1 Å². The molecule has 0 aliphatic carbocycles. The molecule has 0 aromatic carbocycles. The van der Waals surface area contributed by atoms with Crippen LogP contribution in [0, 0.1) is 0 Å². The van der Waals surface area contributed by atoms with Crippen LogP contribution in [0.2, 0.25) is 0 Å². The molecule has 0 aliphatic heterocycles. The first-order valence-corrected chi connectivity index (χ1v) is 4.16. The van der Waals surface area contributed by atoms with Crippen LogP contribution in [0.3, 0.4) is 0 Å². The van der Waals surface area contributed by atoms with E-state index in [0.29, 0.717) is 5.65 Å². The van der Waals surface area contributed by atoms with Gasteiger partial charge in [-0.05, 0) is 12.1 Å². The Balaban J connectivity index is 2.97. The zero-order chi connectivity index (χ0) is 11.0. The van der Waals surface area contributed by atoms with Gasteiger partial charge in [-0.3, -0.25) is 4.79 Å². The number of fused-ring (bicyclic) bond motifs is 1. The molecular weight excluding hydrogens is 198 g/mol. The molecule has 0 atom stereocenters. The Morgan fingerprint density at radius 2 is 2.27 bits per heavy atom. The first kappa shape index (κ1) is 9.32. The topological polar surface area (TPSA) is 85.1 Å². The minimum absolute atomic E-state index is 0.257. The third-order valence-corrected chi connectivity index (χ3v) is 2.01. The van der Waals surface area contributed by atoms with Crippen molar-refractivity contribution in [2.24, 2.45) is 7.05 Å². The average molecular weight is 205 g/mol. The van der Waals surface area contributed by atoms with Crippen LogP contribution in [0.1, 0.15) is 10.5 Å². The molecule has 0 spiro atoms. The van der Waals surface area contributed by atoms with Gasteiger partial charge in [0.25, 0.3) is 0 Å². The number of carboxylic acids is 1. The quantitative estimate of drug-likeness (QED) is 0.709. The number of carboxylic acid groups (broad SMARTS) is 1. The molecule has 2 aromatic heterocycles. The van der Waals surface area contributed by atoms with Gasteiger partial charge in [0.1, 0.15) is 0 Å². The summed E-state index contributed by atoms with van der Waals surface area (Å²) in [5, 5.41) is 12.7. The molecule has 2 aromatic rings. The summed E-state index contributed by atoms with van der Waals surface area (Å²) in [6.07, 6.45) is 1.52. The fourth-order valence-electron chi connectivity index (χ4n) is 1.34. The number of rotatable bonds is 1. The van der Waals surface area contributed by atoms with Gasteiger partial charge >= 0.3 is 5.97 Å². The van der Waals surface area contributed by atoms with E-state index in [1.54, 1.807) is 13.1 Å². The predicted molar refractivity (Wildman–Crippen MR) is 51.7 cm³/mol. The number of aryl methyl sites for hydroxylation is 1. The lowest BCUT2D eigenvalue weighted by Crippen LogP contribution is -2.22. The van der Waals surface area contributed by atoms with Crippen molar-refractivity contribution in [1.82, 2.24) is 14.8 Å². The minimum atomic E-state index is -1.33. The molecule has 0 aliphatic rings. The van der Waals surface area contributed by atoms with Gasteiger partial charge in [-0.15, -0.1) is 0 Å². The molecule has 0 amide bonds. The van der Waals surface area contributed by atoms with Gasteiger partial charge in [0, 0.05) is 13.2 Å². The number of carbonyl (C=O) groups is 1. The van der Waals surface area contributed by atoms with Crippen molar-refractivity contribution in [3.8, 4) is 0 Å². The van der Waals surface area contributed by atoms with E-state index in [-0.39, 0.29) is 5.39 Å². The second-order valence-corrected chi connectivity index (χ2v) is 2.98. The van der Waals surface area contributed by atoms with Crippen molar-refractivity contribution in [3.63, 3.8) is 0 Å². The number of aromatic carboxylic acids is 1. The van der Waals surface area contributed by atoms with Gasteiger partial charge < -0.3 is 5.11 Å². The highest BCUT2D eigenvalue weighted by atomic mass is 16.4. The lowest BCUT2D eigenvalue weighted by molar-refractivity contribution is 0.0687. The molecule has 1 N–H and O–H groups in total. The van der Waals surface area contributed by atoms with Gasteiger partial charge in [0.15, 0.2) is 5.65 Å². The van der Waals surface area contributed by atoms with Crippen LogP contribution in [-0.2, 0) is 7.05 Å². The van der Waals surface area contributed by atoms with Crippen molar-refractivity contribution in [3.05, 3.63) is 34.2 Å². The summed E-state index contributed by atoms with van der Waals surface area (Å²) in [7, 11) is 1.54. The molecule has 2 heterocycles. The van der Waals surface area contributed by atoms with Gasteiger partial charge in [-0.25, -0.2) is 14.5 Å². The normalized spacial score (nSPS) is 10.5. The van der Waals surface area contributed by atoms with E-state index in [0.717, 1.165) is 0 Å². The highest BCUT2D eigenvalue weighted by Crippen LogP contribution is 2.04. The first-order chi connectivity index (χ1) is 7.11. The van der Waals surface area contributed by atoms with E-state index in [1.807, 2.05) is 0 Å². The molecule has 15 heavy (non-hydrogen) atoms. The third-order valence-electron chi connectivity index (χ3n) is 2.01. The van der Waals surface area contributed by atoms with Crippen LogP contribution in [0.25, 0.3) is 11.0 Å². The van der Waals surface area contributed by atoms with Crippen molar-refractivity contribution in [1.29, 1.82) is 0 Å². The lowest BCUT2D eigenvalue weighted by atomic mass is 10.2. The minimum Gasteiger partial charge on any atom is -0.476 e. The number of aromatic nitrogens is 3. The third kappa shape index (κ3) is 1.35. The van der Waals surface area contributed by atoms with E-state index in [1.165, 1.54) is 16.9 Å². The smallest absolute Gasteiger partial charge is 0.360 e. The van der Waals surface area contributed by atoms with Crippen molar-refractivity contribution >= 4 is 17.0 Å². The van der Waals surface area contributed by atoms with E-state index in [4.69, 9.17) is 5.11 Å². The molecule has 0 saturated carbocycles. The Morgan fingerprint density at radius 3 is 2.93 bits per heavy atom. The summed E-state index contributed by atoms with van der Waals surface area (Å²) >= 11 is 0. The van der Waals surface area contributed by atoms with Crippen molar-refractivity contribution in [2.75, 3.05) is 0 Å². The maximum absolute atomic E-state index is 11.6. The van der Waals surface area contributed by atoms with E-state index >= 15 is 0 Å². The summed E-state index contributed by atoms with van der Waals surface area (Å²) in [4.78, 5) is 26.3. The van der Waals surface area contributed by atoms with Gasteiger partial charge in [-0.1, -0.05) is 0 Å². The zero-order valence-corrected chi connectivity index (χ0v) is 7.84. The fraction of sp³-hybridized carbons (Fsp3) is 0.111. The Bertz CT molecular complexity index is 603. The molecular formula is C9H7N3O3. The van der Waals surface area contributed by atoms with Gasteiger partial charge in [-0.2, -0.15) is 5.10 Å². The summed E-state index contributed by atoms with van der Waals surface area (Å²) < 4.78 is 1.28. The Labute approximate surface area is 83.8 Å². The van der Waals surface area contributed by atoms with E-state index in [2.05, 4.69) is 10.1 Å². The largest absolute Gasteiger partial charge is 0.476 e. The number of hydrogen-bond donors (Lipinski definition) is 1. The first-order valence-electron chi connectivity index (χ1n) is 4.16. The SMILES string of the molecule is Cn1nc(C(=O)O)c(=O)c2cccnc21. The van der Waals surface area contributed by atoms with Crippen molar-refractivity contribution in [2.45, 2.75) is 0 Å². The maximum atomic E-state index is 11.6. The molecule has 2 rings (SSSR count). The van der Waals surface area contributed by atoms with Crippen LogP contribution in [0.15, 0.2) is 23.1 Å². The van der Waals surface area contributed by atoms with Crippen LogP contribution in [0.5, 0.6) is 0 Å². The van der Waals surface area contributed by atoms with Gasteiger partial charge in [0.05, 0.1) is 5.39 Å². The van der Waals surface area contributed by atoms with Crippen molar-refractivity contribution < 1.29 is 9.90 Å². The van der Waals surface area contributed by atoms with Crippen LogP contribution in [-0.4, -0.2) is 25.8 Å². The lowest BCUT2D eigenvalue weighted by Gasteiger charge is -2.03. The standard InChI is InChI=1S/C9H7N3O3/c1-12-8-5(3-2-4-10-8)7(13)6(11-12)9(14)15/h2-4H,1H3,(H,14,15). The summed E-state index contributed by atoms with van der Waals surface area (Å²) in [5.41, 5.74) is -0.728. The number of nitrogens with zero attached hydrogens (tertiary/aromatic N) is 3. The highest BCUT2D eigenvalue weighted by Gasteiger charge is 2.15. The highest BCUT2D eigenvalue weighted by molar-refractivity contribution is 5.89. The molecule has 0 fully saturated rings. The molecule has 0 saturated heterocycles. The molecule has 76 valence electrons. The second kappa shape index (κ2) is 3.16. The van der Waals surface area contributed by atoms with E-state index in [9.17, 15) is 9.59 Å². The monoisotopic (exact) mass is 205 g/mol. The Hall–Kier alpha value is -2.24. The summed E-state index contributed by atoms with van der Waals surface area (Å²) in [6.45, 7) is 0. The Kier molecular flexibility index (Phi) is 1.96. The fourth-order valence-corrected chi connectivity index (χ4v) is 1.34. The Morgan fingerprint density at radius 1 is 1.53 bits per heavy atom. The molecule has 6 heteroatoms. The van der Waals surface area contributed by atoms with Crippen LogP contribution in [0.4, 0.5) is 0 Å². The summed E-state index contributed by atoms with van der Waals surface area (Å²) in [6, 6.07) is 3.11. The average Bonchev–Trinajstić information content (AvgIpc) is 2.23. The molecule has 0 radical (unpaired) electrons. The molecule has 6 nitrogen and oxygen atoms in total. The number of pyridine rings is 1. The molecule has 0 unspecified atom stereocenters.